The SMILES string of the molecule is OC/C=C\COC1CCCCO1. The van der Waals surface area contributed by atoms with Crippen LogP contribution >= 0.6 is 0 Å². The molecule has 1 N–H and O–H groups in total. The van der Waals surface area contributed by atoms with Gasteiger partial charge in [0.1, 0.15) is 0 Å². The van der Waals surface area contributed by atoms with Gasteiger partial charge < -0.3 is 14.6 Å². The molecule has 1 aliphatic rings. The molecule has 0 spiro atoms. The summed E-state index contributed by atoms with van der Waals surface area (Å²) in [7, 11) is 0. The van der Waals surface area contributed by atoms with Gasteiger partial charge in [0.15, 0.2) is 6.29 Å². The Morgan fingerprint density at radius 3 is 3.00 bits per heavy atom. The van der Waals surface area contributed by atoms with E-state index in [2.05, 4.69) is 0 Å². The standard InChI is InChI=1S/C9H16O3/c10-6-2-4-8-12-9-5-1-3-7-11-9/h2,4,9-10H,1,3,5-8H2/b4-2-. The van der Waals surface area contributed by atoms with Crippen molar-refractivity contribution in [3.8, 4) is 0 Å². The third-order valence-electron chi connectivity index (χ3n) is 1.79. The van der Waals surface area contributed by atoms with Crippen LogP contribution in [0.5, 0.6) is 0 Å². The molecule has 0 aromatic rings. The summed E-state index contributed by atoms with van der Waals surface area (Å²) in [6, 6.07) is 0. The van der Waals surface area contributed by atoms with Gasteiger partial charge in [0.05, 0.1) is 13.2 Å². The molecule has 3 heteroatoms. The van der Waals surface area contributed by atoms with Gasteiger partial charge in [0.2, 0.25) is 0 Å². The van der Waals surface area contributed by atoms with Crippen LogP contribution in [-0.2, 0) is 9.47 Å². The van der Waals surface area contributed by atoms with E-state index >= 15 is 0 Å². The second-order valence-corrected chi connectivity index (χ2v) is 2.78. The Morgan fingerprint density at radius 1 is 1.42 bits per heavy atom. The van der Waals surface area contributed by atoms with E-state index in [9.17, 15) is 0 Å². The highest BCUT2D eigenvalue weighted by Crippen LogP contribution is 2.13. The van der Waals surface area contributed by atoms with Crippen molar-refractivity contribution >= 4 is 0 Å². The van der Waals surface area contributed by atoms with Crippen molar-refractivity contribution in [3.05, 3.63) is 12.2 Å². The van der Waals surface area contributed by atoms with Gasteiger partial charge in [-0.15, -0.1) is 0 Å². The zero-order valence-corrected chi connectivity index (χ0v) is 7.24. The van der Waals surface area contributed by atoms with Crippen LogP contribution < -0.4 is 0 Å². The van der Waals surface area contributed by atoms with E-state index in [0.717, 1.165) is 19.4 Å². The lowest BCUT2D eigenvalue weighted by Crippen LogP contribution is -2.22. The van der Waals surface area contributed by atoms with Gasteiger partial charge in [-0.05, 0) is 19.3 Å². The number of hydrogen-bond acceptors (Lipinski definition) is 3. The minimum atomic E-state index is -0.0258. The summed E-state index contributed by atoms with van der Waals surface area (Å²) in [6.45, 7) is 1.43. The Hall–Kier alpha value is -0.380. The molecule has 1 fully saturated rings. The maximum atomic E-state index is 8.43. The smallest absolute Gasteiger partial charge is 0.157 e. The van der Waals surface area contributed by atoms with Gasteiger partial charge in [0, 0.05) is 6.61 Å². The molecule has 1 heterocycles. The molecular formula is C9H16O3. The fourth-order valence-corrected chi connectivity index (χ4v) is 1.15. The van der Waals surface area contributed by atoms with Crippen molar-refractivity contribution < 1.29 is 14.6 Å². The maximum absolute atomic E-state index is 8.43. The summed E-state index contributed by atoms with van der Waals surface area (Å²) in [6.07, 6.45) is 6.77. The van der Waals surface area contributed by atoms with Crippen LogP contribution in [0.25, 0.3) is 0 Å². The fraction of sp³-hybridized carbons (Fsp3) is 0.778. The quantitative estimate of drug-likeness (QED) is 0.645. The molecule has 0 radical (unpaired) electrons. The van der Waals surface area contributed by atoms with Crippen LogP contribution in [0.1, 0.15) is 19.3 Å². The first-order valence-corrected chi connectivity index (χ1v) is 4.42. The molecule has 0 bridgehead atoms. The highest BCUT2D eigenvalue weighted by Gasteiger charge is 2.12. The minimum Gasteiger partial charge on any atom is -0.392 e. The van der Waals surface area contributed by atoms with Crippen molar-refractivity contribution in [2.24, 2.45) is 0 Å². The molecule has 0 saturated carbocycles. The Balaban J connectivity index is 2.01. The lowest BCUT2D eigenvalue weighted by Gasteiger charge is -2.21. The fourth-order valence-electron chi connectivity index (χ4n) is 1.15. The summed E-state index contributed by atoms with van der Waals surface area (Å²) >= 11 is 0. The van der Waals surface area contributed by atoms with E-state index < -0.39 is 0 Å². The second-order valence-electron chi connectivity index (χ2n) is 2.78. The first-order valence-electron chi connectivity index (χ1n) is 4.42. The molecule has 1 unspecified atom stereocenters. The van der Waals surface area contributed by atoms with E-state index in [0.29, 0.717) is 6.61 Å². The molecule has 0 aromatic carbocycles. The van der Waals surface area contributed by atoms with Gasteiger partial charge in [-0.2, -0.15) is 0 Å². The van der Waals surface area contributed by atoms with Gasteiger partial charge in [-0.3, -0.25) is 0 Å². The molecule has 12 heavy (non-hydrogen) atoms. The Bertz CT molecular complexity index is 128. The Labute approximate surface area is 73.0 Å². The second kappa shape index (κ2) is 6.17. The maximum Gasteiger partial charge on any atom is 0.157 e. The van der Waals surface area contributed by atoms with E-state index in [4.69, 9.17) is 14.6 Å². The number of rotatable bonds is 4. The molecule has 0 aliphatic carbocycles. The minimum absolute atomic E-state index is 0.0258. The van der Waals surface area contributed by atoms with Crippen LogP contribution in [0.2, 0.25) is 0 Å². The predicted molar refractivity (Wildman–Crippen MR) is 45.8 cm³/mol. The monoisotopic (exact) mass is 172 g/mol. The molecule has 1 atom stereocenters. The van der Waals surface area contributed by atoms with Crippen LogP contribution in [0, 0.1) is 0 Å². The largest absolute Gasteiger partial charge is 0.392 e. The van der Waals surface area contributed by atoms with Gasteiger partial charge >= 0.3 is 0 Å². The molecule has 1 rings (SSSR count). The molecule has 3 nitrogen and oxygen atoms in total. The third kappa shape index (κ3) is 3.85. The highest BCUT2D eigenvalue weighted by molar-refractivity contribution is 4.80. The molecule has 0 aromatic heterocycles. The van der Waals surface area contributed by atoms with Gasteiger partial charge in [-0.1, -0.05) is 12.2 Å². The van der Waals surface area contributed by atoms with Crippen molar-refractivity contribution in [1.82, 2.24) is 0 Å². The zero-order chi connectivity index (χ0) is 8.65. The van der Waals surface area contributed by atoms with Crippen LogP contribution in [-0.4, -0.2) is 31.2 Å². The molecule has 1 aliphatic heterocycles. The van der Waals surface area contributed by atoms with Crippen molar-refractivity contribution in [3.63, 3.8) is 0 Å². The van der Waals surface area contributed by atoms with Crippen LogP contribution in [0.3, 0.4) is 0 Å². The summed E-state index contributed by atoms with van der Waals surface area (Å²) in [5, 5.41) is 8.43. The van der Waals surface area contributed by atoms with Gasteiger partial charge in [0.25, 0.3) is 0 Å². The van der Waals surface area contributed by atoms with Crippen molar-refractivity contribution in [1.29, 1.82) is 0 Å². The molecular weight excluding hydrogens is 156 g/mol. The Kier molecular flexibility index (Phi) is 4.99. The third-order valence-corrected chi connectivity index (χ3v) is 1.79. The van der Waals surface area contributed by atoms with Crippen LogP contribution in [0.15, 0.2) is 12.2 Å². The van der Waals surface area contributed by atoms with E-state index in [1.165, 1.54) is 6.42 Å². The molecule has 1 saturated heterocycles. The Morgan fingerprint density at radius 2 is 2.33 bits per heavy atom. The van der Waals surface area contributed by atoms with Crippen LogP contribution in [0.4, 0.5) is 0 Å². The molecule has 70 valence electrons. The number of hydrogen-bond donors (Lipinski definition) is 1. The van der Waals surface area contributed by atoms with Crippen molar-refractivity contribution in [2.45, 2.75) is 25.6 Å². The molecule has 0 amide bonds. The first-order chi connectivity index (χ1) is 5.93. The first kappa shape index (κ1) is 9.71. The van der Waals surface area contributed by atoms with E-state index in [-0.39, 0.29) is 12.9 Å². The van der Waals surface area contributed by atoms with E-state index in [1.807, 2.05) is 0 Å². The van der Waals surface area contributed by atoms with Crippen molar-refractivity contribution in [2.75, 3.05) is 19.8 Å². The van der Waals surface area contributed by atoms with E-state index in [1.54, 1.807) is 12.2 Å². The predicted octanol–water partition coefficient (Wildman–Crippen LogP) is 1.08. The summed E-state index contributed by atoms with van der Waals surface area (Å²) < 4.78 is 10.7. The lowest BCUT2D eigenvalue weighted by atomic mass is 10.2. The summed E-state index contributed by atoms with van der Waals surface area (Å²) in [4.78, 5) is 0. The topological polar surface area (TPSA) is 38.7 Å². The number of aliphatic hydroxyl groups excluding tert-OH is 1. The lowest BCUT2D eigenvalue weighted by molar-refractivity contribution is -0.155. The zero-order valence-electron chi connectivity index (χ0n) is 7.24. The highest BCUT2D eigenvalue weighted by atomic mass is 16.7. The summed E-state index contributed by atoms with van der Waals surface area (Å²) in [5.41, 5.74) is 0. The normalized spacial score (nSPS) is 24.9. The summed E-state index contributed by atoms with van der Waals surface area (Å²) in [5.74, 6) is 0. The average molecular weight is 172 g/mol. The number of ether oxygens (including phenoxy) is 2. The number of aliphatic hydroxyl groups is 1. The average Bonchev–Trinajstić information content (AvgIpc) is 2.14. The van der Waals surface area contributed by atoms with Gasteiger partial charge in [-0.25, -0.2) is 0 Å².